The number of nitrogens with one attached hydrogen (secondary N) is 1. The molecule has 0 saturated carbocycles. The van der Waals surface area contributed by atoms with E-state index in [0.29, 0.717) is 6.54 Å². The standard InChI is InChI=1S/C16H23N3O4/c1-4-16(19(22)23)13(3)12(2)9-10-17-11-14-5-7-15(8-6-14)18(20)21/h4-8,12-13,16-17H,1,9-11H2,2-3H3/t12-,13-,16?/m1/s1. The van der Waals surface area contributed by atoms with Crippen molar-refractivity contribution in [3.63, 3.8) is 0 Å². The third-order valence-corrected chi connectivity index (χ3v) is 4.17. The molecule has 0 fully saturated rings. The Labute approximate surface area is 135 Å². The lowest BCUT2D eigenvalue weighted by Gasteiger charge is -2.21. The predicted molar refractivity (Wildman–Crippen MR) is 88.7 cm³/mol. The van der Waals surface area contributed by atoms with Gasteiger partial charge in [0, 0.05) is 29.5 Å². The van der Waals surface area contributed by atoms with Crippen LogP contribution in [0.25, 0.3) is 0 Å². The summed E-state index contributed by atoms with van der Waals surface area (Å²) in [7, 11) is 0. The van der Waals surface area contributed by atoms with Crippen LogP contribution in [0.1, 0.15) is 25.8 Å². The number of hydrogen-bond acceptors (Lipinski definition) is 5. The molecule has 0 bridgehead atoms. The molecule has 0 aliphatic heterocycles. The summed E-state index contributed by atoms with van der Waals surface area (Å²) in [5.74, 6) is 0.108. The maximum atomic E-state index is 10.9. The minimum atomic E-state index is -0.723. The van der Waals surface area contributed by atoms with Gasteiger partial charge in [-0.3, -0.25) is 20.2 Å². The summed E-state index contributed by atoms with van der Waals surface area (Å²) in [6.07, 6.45) is 2.21. The lowest BCUT2D eigenvalue weighted by molar-refractivity contribution is -0.519. The Hall–Kier alpha value is -2.28. The largest absolute Gasteiger partial charge is 0.313 e. The van der Waals surface area contributed by atoms with Crippen LogP contribution in [0.5, 0.6) is 0 Å². The van der Waals surface area contributed by atoms with Crippen LogP contribution in [0, 0.1) is 32.1 Å². The lowest BCUT2D eigenvalue weighted by atomic mass is 9.87. The van der Waals surface area contributed by atoms with E-state index in [1.165, 1.54) is 18.2 Å². The summed E-state index contributed by atoms with van der Waals surface area (Å²) in [6.45, 7) is 8.74. The van der Waals surface area contributed by atoms with Crippen molar-refractivity contribution < 1.29 is 9.85 Å². The van der Waals surface area contributed by atoms with Crippen molar-refractivity contribution in [2.75, 3.05) is 6.54 Å². The molecule has 1 rings (SSSR count). The van der Waals surface area contributed by atoms with Crippen LogP contribution in [0.4, 0.5) is 5.69 Å². The molecule has 0 amide bonds. The molecule has 0 aromatic heterocycles. The first-order valence-corrected chi connectivity index (χ1v) is 7.57. The summed E-state index contributed by atoms with van der Waals surface area (Å²) < 4.78 is 0. The molecule has 7 nitrogen and oxygen atoms in total. The first-order valence-electron chi connectivity index (χ1n) is 7.57. The van der Waals surface area contributed by atoms with Crippen molar-refractivity contribution in [2.45, 2.75) is 32.9 Å². The molecule has 126 valence electrons. The van der Waals surface area contributed by atoms with Crippen LogP contribution in [-0.2, 0) is 6.54 Å². The normalized spacial score (nSPS) is 14.7. The van der Waals surface area contributed by atoms with Crippen LogP contribution in [0.2, 0.25) is 0 Å². The van der Waals surface area contributed by atoms with Gasteiger partial charge in [-0.25, -0.2) is 0 Å². The molecule has 1 unspecified atom stereocenters. The Morgan fingerprint density at radius 2 is 1.83 bits per heavy atom. The molecule has 1 N–H and O–H groups in total. The molecule has 0 aliphatic rings. The van der Waals surface area contributed by atoms with E-state index in [1.54, 1.807) is 12.1 Å². The van der Waals surface area contributed by atoms with Gasteiger partial charge in [0.15, 0.2) is 0 Å². The van der Waals surface area contributed by atoms with E-state index in [1.807, 2.05) is 13.8 Å². The fraction of sp³-hybridized carbons (Fsp3) is 0.500. The first-order chi connectivity index (χ1) is 10.9. The Morgan fingerprint density at radius 1 is 1.22 bits per heavy atom. The maximum absolute atomic E-state index is 10.9. The second-order valence-electron chi connectivity index (χ2n) is 5.74. The van der Waals surface area contributed by atoms with Gasteiger partial charge in [0.1, 0.15) is 0 Å². The fourth-order valence-electron chi connectivity index (χ4n) is 2.39. The van der Waals surface area contributed by atoms with Gasteiger partial charge in [-0.1, -0.05) is 32.6 Å². The number of rotatable bonds is 10. The van der Waals surface area contributed by atoms with Gasteiger partial charge in [0.2, 0.25) is 6.04 Å². The zero-order chi connectivity index (χ0) is 17.4. The molecule has 0 aliphatic carbocycles. The van der Waals surface area contributed by atoms with Crippen molar-refractivity contribution in [3.05, 3.63) is 62.7 Å². The molecule has 23 heavy (non-hydrogen) atoms. The van der Waals surface area contributed by atoms with Gasteiger partial charge in [-0.2, -0.15) is 0 Å². The monoisotopic (exact) mass is 321 g/mol. The topological polar surface area (TPSA) is 98.3 Å². The quantitative estimate of drug-likeness (QED) is 0.309. The highest BCUT2D eigenvalue weighted by Crippen LogP contribution is 2.21. The minimum absolute atomic E-state index is 0.0754. The highest BCUT2D eigenvalue weighted by molar-refractivity contribution is 5.32. The van der Waals surface area contributed by atoms with Crippen LogP contribution >= 0.6 is 0 Å². The minimum Gasteiger partial charge on any atom is -0.313 e. The number of non-ortho nitro benzene ring substituents is 1. The van der Waals surface area contributed by atoms with Crippen LogP contribution in [0.15, 0.2) is 36.9 Å². The number of benzene rings is 1. The summed E-state index contributed by atoms with van der Waals surface area (Å²) >= 11 is 0. The Kier molecular flexibility index (Phi) is 7.34. The van der Waals surface area contributed by atoms with E-state index < -0.39 is 11.0 Å². The van der Waals surface area contributed by atoms with Gasteiger partial charge < -0.3 is 5.32 Å². The van der Waals surface area contributed by atoms with E-state index in [-0.39, 0.29) is 22.4 Å². The van der Waals surface area contributed by atoms with Gasteiger partial charge in [0.25, 0.3) is 5.69 Å². The molecule has 0 radical (unpaired) electrons. The van der Waals surface area contributed by atoms with Gasteiger partial charge in [-0.05, 0) is 30.5 Å². The zero-order valence-corrected chi connectivity index (χ0v) is 13.5. The number of hydrogen-bond donors (Lipinski definition) is 1. The molecule has 1 aromatic carbocycles. The van der Waals surface area contributed by atoms with Crippen LogP contribution < -0.4 is 5.32 Å². The molecular formula is C16H23N3O4. The number of nitro benzene ring substituents is 1. The molecule has 0 spiro atoms. The summed E-state index contributed by atoms with van der Waals surface area (Å²) in [4.78, 5) is 20.8. The van der Waals surface area contributed by atoms with Gasteiger partial charge in [-0.15, -0.1) is 0 Å². The lowest BCUT2D eigenvalue weighted by Crippen LogP contribution is -2.31. The van der Waals surface area contributed by atoms with Gasteiger partial charge >= 0.3 is 0 Å². The average molecular weight is 321 g/mol. The molecule has 1 aromatic rings. The zero-order valence-electron chi connectivity index (χ0n) is 13.5. The summed E-state index contributed by atoms with van der Waals surface area (Å²) in [6, 6.07) is 5.68. The number of nitro groups is 2. The smallest absolute Gasteiger partial charge is 0.269 e. The third-order valence-electron chi connectivity index (χ3n) is 4.17. The first kappa shape index (κ1) is 18.8. The van der Waals surface area contributed by atoms with Crippen LogP contribution in [0.3, 0.4) is 0 Å². The maximum Gasteiger partial charge on any atom is 0.269 e. The summed E-state index contributed by atoms with van der Waals surface area (Å²) in [5, 5.41) is 24.8. The van der Waals surface area contributed by atoms with Crippen molar-refractivity contribution >= 4 is 5.69 Å². The van der Waals surface area contributed by atoms with Crippen molar-refractivity contribution in [2.24, 2.45) is 11.8 Å². The molecule has 3 atom stereocenters. The molecular weight excluding hydrogens is 298 g/mol. The summed E-state index contributed by atoms with van der Waals surface area (Å²) in [5.41, 5.74) is 1.04. The second-order valence-corrected chi connectivity index (χ2v) is 5.74. The van der Waals surface area contributed by atoms with Gasteiger partial charge in [0.05, 0.1) is 4.92 Å². The molecule has 0 saturated heterocycles. The van der Waals surface area contributed by atoms with Crippen molar-refractivity contribution in [3.8, 4) is 0 Å². The highest BCUT2D eigenvalue weighted by atomic mass is 16.6. The number of nitrogens with zero attached hydrogens (tertiary/aromatic N) is 2. The SMILES string of the molecule is C=CC([C@H](C)[C@H](C)CCNCc1ccc([N+](=O)[O-])cc1)[N+](=O)[O-]. The van der Waals surface area contributed by atoms with Crippen molar-refractivity contribution in [1.82, 2.24) is 5.32 Å². The predicted octanol–water partition coefficient (Wildman–Crippen LogP) is 3.18. The third kappa shape index (κ3) is 5.78. The Morgan fingerprint density at radius 3 is 2.30 bits per heavy atom. The average Bonchev–Trinajstić information content (AvgIpc) is 2.51. The molecule has 7 heteroatoms. The van der Waals surface area contributed by atoms with E-state index in [0.717, 1.165) is 18.5 Å². The van der Waals surface area contributed by atoms with E-state index >= 15 is 0 Å². The van der Waals surface area contributed by atoms with E-state index in [2.05, 4.69) is 11.9 Å². The second kappa shape index (κ2) is 8.99. The fourth-order valence-corrected chi connectivity index (χ4v) is 2.39. The highest BCUT2D eigenvalue weighted by Gasteiger charge is 2.28. The van der Waals surface area contributed by atoms with Crippen LogP contribution in [-0.4, -0.2) is 22.4 Å². The van der Waals surface area contributed by atoms with E-state index in [9.17, 15) is 20.2 Å². The molecule has 0 heterocycles. The van der Waals surface area contributed by atoms with E-state index in [4.69, 9.17) is 0 Å². The van der Waals surface area contributed by atoms with Crippen molar-refractivity contribution in [1.29, 1.82) is 0 Å². The Bertz CT molecular complexity index is 545. The Balaban J connectivity index is 2.37.